The number of carbonyl (C=O) groups is 2. The Balaban J connectivity index is 1.67. The van der Waals surface area contributed by atoms with Crippen molar-refractivity contribution in [2.75, 3.05) is 38.0 Å². The standard InChI is InChI=1S/C24H27N5O4S/c1-27(2)34(32,33)22-12-8-5-9-17(22)16-26-23(31)14-13-21(30)18(15-25)24-28(3)19-10-6-7-11-20(19)29(24)4/h5-12H,13-14,16H2,1-4H3,(H,26,31). The first-order chi connectivity index (χ1) is 16.1. The first-order valence-electron chi connectivity index (χ1n) is 10.6. The van der Waals surface area contributed by atoms with E-state index >= 15 is 0 Å². The Morgan fingerprint density at radius 3 is 2.09 bits per heavy atom. The number of fused-ring (bicyclic) bond motifs is 1. The summed E-state index contributed by atoms with van der Waals surface area (Å²) in [7, 11) is 2.79. The number of rotatable bonds is 8. The molecule has 0 aromatic heterocycles. The number of ketones is 1. The number of nitrogens with zero attached hydrogens (tertiary/aromatic N) is 4. The molecule has 0 unspecified atom stereocenters. The second-order valence-electron chi connectivity index (χ2n) is 8.01. The Bertz CT molecular complexity index is 1260. The fourth-order valence-electron chi connectivity index (χ4n) is 3.79. The van der Waals surface area contributed by atoms with Crippen molar-refractivity contribution in [1.82, 2.24) is 9.62 Å². The molecule has 0 saturated heterocycles. The number of benzene rings is 2. The van der Waals surface area contributed by atoms with Gasteiger partial charge in [0, 0.05) is 47.6 Å². The van der Waals surface area contributed by atoms with E-state index in [0.29, 0.717) is 11.4 Å². The molecule has 1 N–H and O–H groups in total. The van der Waals surface area contributed by atoms with Crippen LogP contribution in [0.1, 0.15) is 18.4 Å². The molecule has 1 heterocycles. The van der Waals surface area contributed by atoms with Crippen LogP contribution < -0.4 is 15.1 Å². The van der Waals surface area contributed by atoms with Gasteiger partial charge in [-0.1, -0.05) is 30.3 Å². The van der Waals surface area contributed by atoms with Crippen molar-refractivity contribution >= 4 is 33.1 Å². The van der Waals surface area contributed by atoms with Gasteiger partial charge in [0.2, 0.25) is 15.9 Å². The number of amides is 1. The number of para-hydroxylation sites is 2. The summed E-state index contributed by atoms with van der Waals surface area (Å²) in [5.41, 5.74) is 2.19. The molecule has 0 aliphatic carbocycles. The molecule has 178 valence electrons. The third kappa shape index (κ3) is 4.81. The summed E-state index contributed by atoms with van der Waals surface area (Å²) < 4.78 is 26.1. The monoisotopic (exact) mass is 481 g/mol. The van der Waals surface area contributed by atoms with Crippen molar-refractivity contribution < 1.29 is 18.0 Å². The molecule has 0 saturated carbocycles. The Morgan fingerprint density at radius 2 is 1.53 bits per heavy atom. The number of hydrogen-bond acceptors (Lipinski definition) is 7. The lowest BCUT2D eigenvalue weighted by molar-refractivity contribution is -0.124. The smallest absolute Gasteiger partial charge is 0.242 e. The molecule has 1 aliphatic heterocycles. The van der Waals surface area contributed by atoms with Gasteiger partial charge in [0.1, 0.15) is 17.5 Å². The molecular formula is C24H27N5O4S. The molecule has 0 spiro atoms. The number of carbonyl (C=O) groups excluding carboxylic acids is 2. The van der Waals surface area contributed by atoms with Crippen molar-refractivity contribution in [3.8, 4) is 6.07 Å². The van der Waals surface area contributed by atoms with E-state index < -0.39 is 21.7 Å². The van der Waals surface area contributed by atoms with Crippen LogP contribution in [0.25, 0.3) is 0 Å². The minimum Gasteiger partial charge on any atom is -0.352 e. The van der Waals surface area contributed by atoms with Gasteiger partial charge in [0.25, 0.3) is 0 Å². The predicted molar refractivity (Wildman–Crippen MR) is 129 cm³/mol. The fraction of sp³-hybridized carbons (Fsp3) is 0.292. The summed E-state index contributed by atoms with van der Waals surface area (Å²) in [6.45, 7) is 0.00322. The summed E-state index contributed by atoms with van der Waals surface area (Å²) in [5, 5.41) is 12.4. The van der Waals surface area contributed by atoms with E-state index in [4.69, 9.17) is 0 Å². The Labute approximate surface area is 199 Å². The maximum absolute atomic E-state index is 12.8. The largest absolute Gasteiger partial charge is 0.352 e. The van der Waals surface area contributed by atoms with Crippen LogP contribution in [0.2, 0.25) is 0 Å². The van der Waals surface area contributed by atoms with Crippen LogP contribution >= 0.6 is 0 Å². The van der Waals surface area contributed by atoms with E-state index in [1.807, 2.05) is 30.3 Å². The third-order valence-electron chi connectivity index (χ3n) is 5.64. The predicted octanol–water partition coefficient (Wildman–Crippen LogP) is 2.22. The number of hydrogen-bond donors (Lipinski definition) is 1. The minimum absolute atomic E-state index is 0.00322. The molecule has 2 aromatic rings. The third-order valence-corrected chi connectivity index (χ3v) is 7.56. The number of allylic oxidation sites excluding steroid dienone is 1. The highest BCUT2D eigenvalue weighted by molar-refractivity contribution is 7.89. The van der Waals surface area contributed by atoms with Crippen molar-refractivity contribution in [3.05, 3.63) is 65.5 Å². The molecule has 0 fully saturated rings. The summed E-state index contributed by atoms with van der Waals surface area (Å²) in [6.07, 6.45) is -0.270. The molecule has 9 nitrogen and oxygen atoms in total. The van der Waals surface area contributed by atoms with E-state index in [9.17, 15) is 23.3 Å². The van der Waals surface area contributed by atoms with E-state index in [0.717, 1.165) is 15.7 Å². The molecule has 1 amide bonds. The van der Waals surface area contributed by atoms with Gasteiger partial charge in [-0.25, -0.2) is 12.7 Å². The topological polar surface area (TPSA) is 114 Å². The summed E-state index contributed by atoms with van der Waals surface area (Å²) >= 11 is 0. The number of sulfonamides is 1. The van der Waals surface area contributed by atoms with Gasteiger partial charge in [-0.15, -0.1) is 0 Å². The van der Waals surface area contributed by atoms with Crippen LogP contribution in [0.4, 0.5) is 11.4 Å². The zero-order chi connectivity index (χ0) is 25.0. The molecule has 1 aliphatic rings. The van der Waals surface area contributed by atoms with Gasteiger partial charge in [-0.3, -0.25) is 9.59 Å². The molecule has 2 aromatic carbocycles. The van der Waals surface area contributed by atoms with Gasteiger partial charge in [-0.2, -0.15) is 5.26 Å². The molecular weight excluding hydrogens is 454 g/mol. The maximum atomic E-state index is 12.8. The Hall–Kier alpha value is -3.68. The second-order valence-corrected chi connectivity index (χ2v) is 10.1. The zero-order valence-electron chi connectivity index (χ0n) is 19.6. The highest BCUT2D eigenvalue weighted by Gasteiger charge is 2.31. The van der Waals surface area contributed by atoms with Gasteiger partial charge >= 0.3 is 0 Å². The van der Waals surface area contributed by atoms with Crippen LogP contribution in [-0.4, -0.2) is 52.6 Å². The van der Waals surface area contributed by atoms with Gasteiger partial charge in [0.05, 0.1) is 16.3 Å². The highest BCUT2D eigenvalue weighted by Crippen LogP contribution is 2.40. The van der Waals surface area contributed by atoms with Crippen LogP contribution in [0.5, 0.6) is 0 Å². The van der Waals surface area contributed by atoms with Crippen molar-refractivity contribution in [3.63, 3.8) is 0 Å². The lowest BCUT2D eigenvalue weighted by Crippen LogP contribution is -2.28. The normalized spacial score (nSPS) is 13.0. The number of nitrogens with one attached hydrogen (secondary N) is 1. The number of anilines is 2. The lowest BCUT2D eigenvalue weighted by atomic mass is 10.1. The van der Waals surface area contributed by atoms with Gasteiger partial charge in [-0.05, 0) is 23.8 Å². The molecule has 10 heteroatoms. The number of nitriles is 1. The average molecular weight is 482 g/mol. The van der Waals surface area contributed by atoms with E-state index in [2.05, 4.69) is 5.32 Å². The minimum atomic E-state index is -3.66. The quantitative estimate of drug-likeness (QED) is 0.454. The van der Waals surface area contributed by atoms with Crippen molar-refractivity contribution in [1.29, 1.82) is 5.26 Å². The fourth-order valence-corrected chi connectivity index (χ4v) is 4.91. The first kappa shape index (κ1) is 25.0. The molecule has 0 atom stereocenters. The Kier molecular flexibility index (Phi) is 7.39. The van der Waals surface area contributed by atoms with Crippen molar-refractivity contribution in [2.45, 2.75) is 24.3 Å². The van der Waals surface area contributed by atoms with Crippen LogP contribution in [0.3, 0.4) is 0 Å². The summed E-state index contributed by atoms with van der Waals surface area (Å²) in [4.78, 5) is 28.9. The molecule has 0 bridgehead atoms. The van der Waals surface area contributed by atoms with Gasteiger partial charge in [0.15, 0.2) is 5.78 Å². The summed E-state index contributed by atoms with van der Waals surface area (Å²) in [5.74, 6) is -0.379. The number of Topliss-reactive ketones (excluding diaryl/α,β-unsaturated/α-hetero) is 1. The first-order valence-corrected chi connectivity index (χ1v) is 12.0. The van der Waals surface area contributed by atoms with Crippen LogP contribution in [0.15, 0.2) is 64.8 Å². The van der Waals surface area contributed by atoms with E-state index in [1.54, 1.807) is 42.1 Å². The lowest BCUT2D eigenvalue weighted by Gasteiger charge is -2.20. The van der Waals surface area contributed by atoms with Crippen LogP contribution in [0, 0.1) is 11.3 Å². The van der Waals surface area contributed by atoms with Gasteiger partial charge < -0.3 is 15.1 Å². The molecule has 3 rings (SSSR count). The van der Waals surface area contributed by atoms with E-state index in [-0.39, 0.29) is 29.9 Å². The molecule has 0 radical (unpaired) electrons. The highest BCUT2D eigenvalue weighted by atomic mass is 32.2. The second kappa shape index (κ2) is 10.1. The molecule has 34 heavy (non-hydrogen) atoms. The van der Waals surface area contributed by atoms with Crippen molar-refractivity contribution in [2.24, 2.45) is 0 Å². The SMILES string of the molecule is CN1C(=C(C#N)C(=O)CCC(=O)NCc2ccccc2S(=O)(=O)N(C)C)N(C)c2ccccc21. The Morgan fingerprint density at radius 1 is 0.971 bits per heavy atom. The van der Waals surface area contributed by atoms with E-state index in [1.165, 1.54) is 20.2 Å². The zero-order valence-corrected chi connectivity index (χ0v) is 20.4. The van der Waals surface area contributed by atoms with Crippen LogP contribution in [-0.2, 0) is 26.2 Å². The average Bonchev–Trinajstić information content (AvgIpc) is 3.07. The summed E-state index contributed by atoms with van der Waals surface area (Å²) in [6, 6.07) is 16.0. The maximum Gasteiger partial charge on any atom is 0.242 e.